The van der Waals surface area contributed by atoms with Crippen LogP contribution in [0.3, 0.4) is 0 Å². The Morgan fingerprint density at radius 2 is 1.88 bits per heavy atom. The fourth-order valence-electron chi connectivity index (χ4n) is 2.59. The zero-order chi connectivity index (χ0) is 12.4. The van der Waals surface area contributed by atoms with Crippen molar-refractivity contribution in [1.29, 1.82) is 0 Å². The van der Waals surface area contributed by atoms with E-state index in [-0.39, 0.29) is 11.7 Å². The molecule has 17 heavy (non-hydrogen) atoms. The fourth-order valence-corrected chi connectivity index (χ4v) is 2.59. The first kappa shape index (κ1) is 11.8. The highest BCUT2D eigenvalue weighted by molar-refractivity contribution is 5.96. The molecule has 0 spiro atoms. The number of hydrogen-bond donors (Lipinski definition) is 0. The van der Waals surface area contributed by atoms with Crippen molar-refractivity contribution in [3.63, 3.8) is 0 Å². The second kappa shape index (κ2) is 4.70. The quantitative estimate of drug-likeness (QED) is 0.700. The van der Waals surface area contributed by atoms with Crippen LogP contribution in [0.2, 0.25) is 0 Å². The van der Waals surface area contributed by atoms with Gasteiger partial charge >= 0.3 is 0 Å². The molecule has 0 bridgehead atoms. The molecule has 0 aliphatic heterocycles. The fraction of sp³-hybridized carbons (Fsp3) is 0.312. The predicted molar refractivity (Wildman–Crippen MR) is 71.5 cm³/mol. The summed E-state index contributed by atoms with van der Waals surface area (Å²) in [6.07, 6.45) is 1.58. The summed E-state index contributed by atoms with van der Waals surface area (Å²) in [4.78, 5) is 12.1. The molecule has 88 valence electrons. The van der Waals surface area contributed by atoms with Crippen molar-refractivity contribution < 1.29 is 4.79 Å². The third-order valence-corrected chi connectivity index (χ3v) is 3.38. The molecule has 1 aromatic carbocycles. The number of benzene rings is 1. The minimum Gasteiger partial charge on any atom is -0.299 e. The van der Waals surface area contributed by atoms with E-state index in [9.17, 15) is 4.79 Å². The predicted octanol–water partition coefficient (Wildman–Crippen LogP) is 3.87. The average molecular weight is 226 g/mol. The Labute approximate surface area is 103 Å². The largest absolute Gasteiger partial charge is 0.299 e. The molecular formula is C16H18O. The van der Waals surface area contributed by atoms with Gasteiger partial charge in [0.2, 0.25) is 0 Å². The molecule has 1 aliphatic rings. The third kappa shape index (κ3) is 2.38. The minimum atomic E-state index is -0.173. The normalized spacial score (nSPS) is 24.8. The molecule has 1 heteroatoms. The molecule has 0 aromatic heterocycles. The summed E-state index contributed by atoms with van der Waals surface area (Å²) in [5.74, 6) is 0.519. The van der Waals surface area contributed by atoms with E-state index in [4.69, 9.17) is 0 Å². The number of carbonyl (C=O) groups is 1. The maximum atomic E-state index is 12.1. The molecule has 0 radical (unpaired) electrons. The van der Waals surface area contributed by atoms with Crippen molar-refractivity contribution in [3.8, 4) is 0 Å². The molecule has 0 heterocycles. The molecule has 0 saturated heterocycles. The maximum absolute atomic E-state index is 12.1. The van der Waals surface area contributed by atoms with Crippen molar-refractivity contribution in [2.45, 2.75) is 19.8 Å². The highest BCUT2D eigenvalue weighted by atomic mass is 16.1. The van der Waals surface area contributed by atoms with Gasteiger partial charge in [0.25, 0.3) is 0 Å². The van der Waals surface area contributed by atoms with Gasteiger partial charge in [0.1, 0.15) is 5.78 Å². The Balaban J connectivity index is 2.25. The molecule has 2 unspecified atom stereocenters. The molecule has 0 amide bonds. The van der Waals surface area contributed by atoms with Crippen LogP contribution >= 0.6 is 0 Å². The summed E-state index contributed by atoms with van der Waals surface area (Å²) in [5.41, 5.74) is 2.96. The summed E-state index contributed by atoms with van der Waals surface area (Å²) in [5, 5.41) is 0. The third-order valence-electron chi connectivity index (χ3n) is 3.38. The van der Waals surface area contributed by atoms with Crippen LogP contribution in [0.1, 0.15) is 25.3 Å². The van der Waals surface area contributed by atoms with E-state index in [0.29, 0.717) is 12.3 Å². The van der Waals surface area contributed by atoms with Crippen LogP contribution < -0.4 is 0 Å². The Bertz CT molecular complexity index is 438. The van der Waals surface area contributed by atoms with Crippen LogP contribution in [-0.4, -0.2) is 5.78 Å². The molecule has 1 aromatic rings. The number of allylic oxidation sites excluding steroid dienone is 2. The monoisotopic (exact) mass is 226 g/mol. The van der Waals surface area contributed by atoms with Crippen LogP contribution in [0.25, 0.3) is 5.57 Å². The molecular weight excluding hydrogens is 208 g/mol. The Hall–Kier alpha value is -1.63. The summed E-state index contributed by atoms with van der Waals surface area (Å²) in [6, 6.07) is 9.91. The maximum Gasteiger partial charge on any atom is 0.144 e. The first-order valence-electron chi connectivity index (χ1n) is 6.04. The van der Waals surface area contributed by atoms with Gasteiger partial charge in [0, 0.05) is 6.42 Å². The van der Waals surface area contributed by atoms with Gasteiger partial charge in [-0.1, -0.05) is 56.0 Å². The zero-order valence-electron chi connectivity index (χ0n) is 10.3. The van der Waals surface area contributed by atoms with E-state index >= 15 is 0 Å². The lowest BCUT2D eigenvalue weighted by atomic mass is 9.74. The van der Waals surface area contributed by atoms with Gasteiger partial charge in [-0.15, -0.1) is 0 Å². The standard InChI is InChI=1S/C16H18O/c1-11-9-12(2)16(15(17)10-11)13(3)14-7-5-4-6-8-14/h4-8,11,16H,2-3,9-10H2,1H3. The van der Waals surface area contributed by atoms with Crippen LogP contribution in [-0.2, 0) is 4.79 Å². The molecule has 1 saturated carbocycles. The van der Waals surface area contributed by atoms with Gasteiger partial charge in [-0.2, -0.15) is 0 Å². The van der Waals surface area contributed by atoms with Crippen molar-refractivity contribution in [2.24, 2.45) is 11.8 Å². The Kier molecular flexibility index (Phi) is 3.28. The van der Waals surface area contributed by atoms with E-state index in [1.54, 1.807) is 0 Å². The summed E-state index contributed by atoms with van der Waals surface area (Å²) < 4.78 is 0. The molecule has 2 atom stereocenters. The van der Waals surface area contributed by atoms with E-state index in [1.807, 2.05) is 30.3 Å². The van der Waals surface area contributed by atoms with E-state index in [0.717, 1.165) is 23.1 Å². The molecule has 1 aliphatic carbocycles. The Morgan fingerprint density at radius 1 is 1.24 bits per heavy atom. The summed E-state index contributed by atoms with van der Waals surface area (Å²) in [6.45, 7) is 10.3. The second-order valence-electron chi connectivity index (χ2n) is 4.96. The lowest BCUT2D eigenvalue weighted by Gasteiger charge is -2.29. The second-order valence-corrected chi connectivity index (χ2v) is 4.96. The summed E-state index contributed by atoms with van der Waals surface area (Å²) in [7, 11) is 0. The van der Waals surface area contributed by atoms with Gasteiger partial charge in [0.05, 0.1) is 5.92 Å². The number of rotatable bonds is 2. The molecule has 1 fully saturated rings. The molecule has 0 N–H and O–H groups in total. The SMILES string of the molecule is C=C1CC(C)CC(=O)C1C(=C)c1ccccc1. The van der Waals surface area contributed by atoms with Crippen molar-refractivity contribution in [2.75, 3.05) is 0 Å². The van der Waals surface area contributed by atoms with Gasteiger partial charge in [-0.05, 0) is 23.5 Å². The topological polar surface area (TPSA) is 17.1 Å². The van der Waals surface area contributed by atoms with Crippen molar-refractivity contribution in [1.82, 2.24) is 0 Å². The minimum absolute atomic E-state index is 0.173. The highest BCUT2D eigenvalue weighted by Crippen LogP contribution is 2.37. The van der Waals surface area contributed by atoms with Crippen LogP contribution in [0.5, 0.6) is 0 Å². The number of Topliss-reactive ketones (excluding diaryl/α,β-unsaturated/α-hetero) is 1. The van der Waals surface area contributed by atoms with Crippen LogP contribution in [0, 0.1) is 11.8 Å². The molecule has 2 rings (SSSR count). The van der Waals surface area contributed by atoms with E-state index < -0.39 is 0 Å². The van der Waals surface area contributed by atoms with Crippen molar-refractivity contribution >= 4 is 11.4 Å². The van der Waals surface area contributed by atoms with E-state index in [1.165, 1.54) is 0 Å². The number of carbonyl (C=O) groups excluding carboxylic acids is 1. The van der Waals surface area contributed by atoms with Gasteiger partial charge in [-0.3, -0.25) is 4.79 Å². The Morgan fingerprint density at radius 3 is 2.47 bits per heavy atom. The summed E-state index contributed by atoms with van der Waals surface area (Å²) >= 11 is 0. The lowest BCUT2D eigenvalue weighted by Crippen LogP contribution is -2.26. The van der Waals surface area contributed by atoms with Gasteiger partial charge < -0.3 is 0 Å². The number of hydrogen-bond acceptors (Lipinski definition) is 1. The molecule has 1 nitrogen and oxygen atoms in total. The first-order valence-corrected chi connectivity index (χ1v) is 6.04. The lowest BCUT2D eigenvalue weighted by molar-refractivity contribution is -0.122. The van der Waals surface area contributed by atoms with Gasteiger partial charge in [-0.25, -0.2) is 0 Å². The smallest absolute Gasteiger partial charge is 0.144 e. The average Bonchev–Trinajstić information content (AvgIpc) is 2.28. The van der Waals surface area contributed by atoms with Crippen molar-refractivity contribution in [3.05, 3.63) is 54.6 Å². The number of ketones is 1. The first-order chi connectivity index (χ1) is 8.09. The van der Waals surface area contributed by atoms with Crippen LogP contribution in [0.15, 0.2) is 49.1 Å². The zero-order valence-corrected chi connectivity index (χ0v) is 10.3. The van der Waals surface area contributed by atoms with Gasteiger partial charge in [0.15, 0.2) is 0 Å². The highest BCUT2D eigenvalue weighted by Gasteiger charge is 2.31. The van der Waals surface area contributed by atoms with Crippen LogP contribution in [0.4, 0.5) is 0 Å². The van der Waals surface area contributed by atoms with E-state index in [2.05, 4.69) is 20.1 Å².